The second-order valence-corrected chi connectivity index (χ2v) is 6.59. The fraction of sp³-hybridized carbons (Fsp3) is 0.375. The van der Waals surface area contributed by atoms with Gasteiger partial charge in [-0.3, -0.25) is 4.79 Å². The van der Waals surface area contributed by atoms with E-state index in [-0.39, 0.29) is 19.0 Å². The first-order chi connectivity index (χ1) is 11.9. The first-order valence-electron chi connectivity index (χ1n) is 7.81. The SMILES string of the molecule is Cc1nnc2n1CC(C(=O)O)N(C(=O)C1Cc3cc(Cl)ccc3O1)C2. The molecule has 2 aliphatic rings. The van der Waals surface area contributed by atoms with E-state index in [0.717, 1.165) is 5.56 Å². The lowest BCUT2D eigenvalue weighted by molar-refractivity contribution is -0.155. The maximum Gasteiger partial charge on any atom is 0.328 e. The number of carboxylic acid groups (broad SMARTS) is 1. The minimum absolute atomic E-state index is 0.0909. The number of carboxylic acids is 1. The Morgan fingerprint density at radius 2 is 2.16 bits per heavy atom. The van der Waals surface area contributed by atoms with Crippen LogP contribution in [0.15, 0.2) is 18.2 Å². The Balaban J connectivity index is 1.60. The molecule has 0 saturated heterocycles. The van der Waals surface area contributed by atoms with Crippen molar-refractivity contribution in [3.63, 3.8) is 0 Å². The minimum Gasteiger partial charge on any atom is -0.480 e. The van der Waals surface area contributed by atoms with Crippen LogP contribution >= 0.6 is 11.6 Å². The highest BCUT2D eigenvalue weighted by Gasteiger charge is 2.41. The number of carbonyl (C=O) groups is 2. The maximum atomic E-state index is 12.9. The molecule has 130 valence electrons. The molecular formula is C16H15ClN4O4. The van der Waals surface area contributed by atoms with Gasteiger partial charge in [0.15, 0.2) is 11.9 Å². The molecule has 2 atom stereocenters. The summed E-state index contributed by atoms with van der Waals surface area (Å²) in [6, 6.07) is 4.19. The van der Waals surface area contributed by atoms with Crippen molar-refractivity contribution in [2.45, 2.75) is 38.6 Å². The predicted octanol–water partition coefficient (Wildman–Crippen LogP) is 1.04. The Morgan fingerprint density at radius 3 is 2.92 bits per heavy atom. The van der Waals surface area contributed by atoms with Gasteiger partial charge in [-0.05, 0) is 30.7 Å². The Labute approximate surface area is 148 Å². The molecule has 2 aliphatic heterocycles. The average Bonchev–Trinajstić information content (AvgIpc) is 3.16. The third kappa shape index (κ3) is 2.62. The highest BCUT2D eigenvalue weighted by Crippen LogP contribution is 2.32. The molecule has 0 bridgehead atoms. The van der Waals surface area contributed by atoms with Crippen LogP contribution in [0.5, 0.6) is 5.75 Å². The van der Waals surface area contributed by atoms with E-state index in [0.29, 0.717) is 28.8 Å². The molecular weight excluding hydrogens is 348 g/mol. The fourth-order valence-electron chi connectivity index (χ4n) is 3.30. The molecule has 0 fully saturated rings. The average molecular weight is 363 g/mol. The van der Waals surface area contributed by atoms with Gasteiger partial charge < -0.3 is 19.3 Å². The van der Waals surface area contributed by atoms with Gasteiger partial charge in [0, 0.05) is 11.4 Å². The third-order valence-corrected chi connectivity index (χ3v) is 4.83. The predicted molar refractivity (Wildman–Crippen MR) is 86.3 cm³/mol. The number of hydrogen-bond donors (Lipinski definition) is 1. The van der Waals surface area contributed by atoms with Crippen molar-refractivity contribution in [1.29, 1.82) is 0 Å². The Hall–Kier alpha value is -2.61. The van der Waals surface area contributed by atoms with Crippen molar-refractivity contribution >= 4 is 23.5 Å². The molecule has 0 spiro atoms. The van der Waals surface area contributed by atoms with E-state index in [9.17, 15) is 14.7 Å². The molecule has 4 rings (SSSR count). The van der Waals surface area contributed by atoms with Gasteiger partial charge in [0.25, 0.3) is 5.91 Å². The van der Waals surface area contributed by atoms with Crippen LogP contribution in [0.3, 0.4) is 0 Å². The van der Waals surface area contributed by atoms with Crippen molar-refractivity contribution in [3.8, 4) is 5.75 Å². The summed E-state index contributed by atoms with van der Waals surface area (Å²) in [6.07, 6.45) is -0.394. The molecule has 1 aromatic heterocycles. The molecule has 9 heteroatoms. The molecule has 3 heterocycles. The number of nitrogens with zero attached hydrogens (tertiary/aromatic N) is 4. The maximum absolute atomic E-state index is 12.9. The largest absolute Gasteiger partial charge is 0.480 e. The molecule has 0 saturated carbocycles. The number of halogens is 1. The van der Waals surface area contributed by atoms with E-state index in [1.165, 1.54) is 4.90 Å². The molecule has 1 aromatic carbocycles. The Bertz CT molecular complexity index is 881. The van der Waals surface area contributed by atoms with E-state index in [1.54, 1.807) is 29.7 Å². The van der Waals surface area contributed by atoms with Crippen molar-refractivity contribution in [3.05, 3.63) is 40.4 Å². The van der Waals surface area contributed by atoms with Crippen LogP contribution in [-0.2, 0) is 29.1 Å². The van der Waals surface area contributed by atoms with Crippen LogP contribution in [0, 0.1) is 6.92 Å². The number of fused-ring (bicyclic) bond motifs is 2. The van der Waals surface area contributed by atoms with Gasteiger partial charge in [0.2, 0.25) is 0 Å². The Morgan fingerprint density at radius 1 is 1.36 bits per heavy atom. The number of aromatic nitrogens is 3. The standard InChI is InChI=1S/C16H15ClN4O4/c1-8-18-19-14-7-21(11(16(23)24)6-20(8)14)15(22)13-5-9-4-10(17)2-3-12(9)25-13/h2-4,11,13H,5-7H2,1H3,(H,23,24). The van der Waals surface area contributed by atoms with Crippen molar-refractivity contribution < 1.29 is 19.4 Å². The third-order valence-electron chi connectivity index (χ3n) is 4.60. The summed E-state index contributed by atoms with van der Waals surface area (Å²) in [7, 11) is 0. The van der Waals surface area contributed by atoms with Crippen LogP contribution in [0.1, 0.15) is 17.2 Å². The lowest BCUT2D eigenvalue weighted by Gasteiger charge is -2.34. The monoisotopic (exact) mass is 362 g/mol. The zero-order chi connectivity index (χ0) is 17.7. The molecule has 2 aromatic rings. The van der Waals surface area contributed by atoms with Crippen molar-refractivity contribution in [1.82, 2.24) is 19.7 Å². The van der Waals surface area contributed by atoms with Gasteiger partial charge in [-0.15, -0.1) is 10.2 Å². The first-order valence-corrected chi connectivity index (χ1v) is 8.19. The topological polar surface area (TPSA) is 97.5 Å². The number of aryl methyl sites for hydroxylation is 1. The Kier molecular flexibility index (Phi) is 3.64. The number of amides is 1. The fourth-order valence-corrected chi connectivity index (χ4v) is 3.49. The van der Waals surface area contributed by atoms with Gasteiger partial charge in [0.1, 0.15) is 17.6 Å². The van der Waals surface area contributed by atoms with E-state index in [2.05, 4.69) is 10.2 Å². The molecule has 1 N–H and O–H groups in total. The molecule has 0 aliphatic carbocycles. The van der Waals surface area contributed by atoms with Gasteiger partial charge in [-0.1, -0.05) is 11.6 Å². The van der Waals surface area contributed by atoms with Gasteiger partial charge in [-0.2, -0.15) is 0 Å². The van der Waals surface area contributed by atoms with Gasteiger partial charge >= 0.3 is 5.97 Å². The van der Waals surface area contributed by atoms with Gasteiger partial charge in [0.05, 0.1) is 13.1 Å². The second-order valence-electron chi connectivity index (χ2n) is 6.16. The molecule has 8 nitrogen and oxygen atoms in total. The lowest BCUT2D eigenvalue weighted by atomic mass is 10.1. The van der Waals surface area contributed by atoms with Gasteiger partial charge in [-0.25, -0.2) is 4.79 Å². The quantitative estimate of drug-likeness (QED) is 0.857. The van der Waals surface area contributed by atoms with Crippen molar-refractivity contribution in [2.24, 2.45) is 0 Å². The molecule has 0 radical (unpaired) electrons. The summed E-state index contributed by atoms with van der Waals surface area (Å²) < 4.78 is 7.44. The van der Waals surface area contributed by atoms with E-state index in [4.69, 9.17) is 16.3 Å². The summed E-state index contributed by atoms with van der Waals surface area (Å²) in [5.74, 6) is 0.373. The number of rotatable bonds is 2. The summed E-state index contributed by atoms with van der Waals surface area (Å²) in [5.41, 5.74) is 0.841. The summed E-state index contributed by atoms with van der Waals surface area (Å²) in [4.78, 5) is 25.9. The van der Waals surface area contributed by atoms with Crippen LogP contribution in [-0.4, -0.2) is 48.8 Å². The zero-order valence-electron chi connectivity index (χ0n) is 13.3. The second kappa shape index (κ2) is 5.73. The summed E-state index contributed by atoms with van der Waals surface area (Å²) in [6.45, 7) is 1.97. The number of aliphatic carboxylic acids is 1. The summed E-state index contributed by atoms with van der Waals surface area (Å²) >= 11 is 5.98. The highest BCUT2D eigenvalue weighted by atomic mass is 35.5. The van der Waals surface area contributed by atoms with E-state index in [1.807, 2.05) is 0 Å². The van der Waals surface area contributed by atoms with E-state index < -0.39 is 18.1 Å². The first kappa shape index (κ1) is 15.9. The van der Waals surface area contributed by atoms with Crippen LogP contribution in [0.2, 0.25) is 5.02 Å². The highest BCUT2D eigenvalue weighted by molar-refractivity contribution is 6.30. The number of hydrogen-bond acceptors (Lipinski definition) is 5. The van der Waals surface area contributed by atoms with Crippen LogP contribution in [0.25, 0.3) is 0 Å². The number of ether oxygens (including phenoxy) is 1. The smallest absolute Gasteiger partial charge is 0.328 e. The minimum atomic E-state index is -1.06. The van der Waals surface area contributed by atoms with Crippen molar-refractivity contribution in [2.75, 3.05) is 0 Å². The van der Waals surface area contributed by atoms with Crippen LogP contribution < -0.4 is 4.74 Å². The summed E-state index contributed by atoms with van der Waals surface area (Å²) in [5, 5.41) is 18.1. The van der Waals surface area contributed by atoms with Crippen LogP contribution in [0.4, 0.5) is 0 Å². The molecule has 1 amide bonds. The molecule has 2 unspecified atom stereocenters. The molecule has 25 heavy (non-hydrogen) atoms. The lowest BCUT2D eigenvalue weighted by Crippen LogP contribution is -2.54. The normalized spacial score (nSPS) is 21.4. The number of benzene rings is 1. The zero-order valence-corrected chi connectivity index (χ0v) is 14.1. The van der Waals surface area contributed by atoms with E-state index >= 15 is 0 Å². The number of carbonyl (C=O) groups excluding carboxylic acids is 1.